The molecule has 7 heteroatoms. The molecule has 20 heavy (non-hydrogen) atoms. The minimum absolute atomic E-state index is 0.520. The standard InChI is InChI=1S/C13H21N5O2/c1-2-19-10-4-3-7-14-8-9-18-16-13(15-17-18)12-6-5-11-20-12/h5-6,11,14H,2-4,7-10H2,1H3. The highest BCUT2D eigenvalue weighted by molar-refractivity contribution is 5.43. The molecule has 0 atom stereocenters. The Bertz CT molecular complexity index is 469. The molecule has 0 spiro atoms. The Kier molecular flexibility index (Phi) is 6.19. The minimum Gasteiger partial charge on any atom is -0.461 e. The highest BCUT2D eigenvalue weighted by Gasteiger charge is 2.07. The maximum absolute atomic E-state index is 5.28. The Hall–Kier alpha value is -1.73. The van der Waals surface area contributed by atoms with E-state index >= 15 is 0 Å². The van der Waals surface area contributed by atoms with Gasteiger partial charge in [0, 0.05) is 19.8 Å². The molecule has 2 rings (SSSR count). The van der Waals surface area contributed by atoms with Gasteiger partial charge in [0.05, 0.1) is 12.8 Å². The molecule has 0 fully saturated rings. The Balaban J connectivity index is 1.58. The number of hydrogen-bond donors (Lipinski definition) is 1. The lowest BCUT2D eigenvalue weighted by atomic mass is 10.3. The highest BCUT2D eigenvalue weighted by atomic mass is 16.5. The van der Waals surface area contributed by atoms with Crippen LogP contribution in [-0.2, 0) is 11.3 Å². The second-order valence-electron chi connectivity index (χ2n) is 4.34. The number of rotatable bonds is 10. The monoisotopic (exact) mass is 279 g/mol. The van der Waals surface area contributed by atoms with Gasteiger partial charge in [-0.1, -0.05) is 0 Å². The average Bonchev–Trinajstić information content (AvgIpc) is 3.12. The molecular formula is C13H21N5O2. The molecule has 2 aromatic heterocycles. The van der Waals surface area contributed by atoms with Gasteiger partial charge in [-0.15, -0.1) is 10.2 Å². The summed E-state index contributed by atoms with van der Waals surface area (Å²) in [5, 5.41) is 15.5. The molecule has 2 heterocycles. The molecule has 0 aliphatic rings. The first-order valence-electron chi connectivity index (χ1n) is 7.00. The third-order valence-corrected chi connectivity index (χ3v) is 2.78. The first kappa shape index (κ1) is 14.7. The molecule has 0 saturated heterocycles. The van der Waals surface area contributed by atoms with Gasteiger partial charge in [-0.25, -0.2) is 0 Å². The number of aromatic nitrogens is 4. The molecule has 1 N–H and O–H groups in total. The smallest absolute Gasteiger partial charge is 0.240 e. The lowest BCUT2D eigenvalue weighted by Crippen LogP contribution is -2.22. The van der Waals surface area contributed by atoms with Crippen molar-refractivity contribution in [1.82, 2.24) is 25.5 Å². The molecule has 2 aromatic rings. The third kappa shape index (κ3) is 4.75. The molecule has 0 radical (unpaired) electrons. The number of hydrogen-bond acceptors (Lipinski definition) is 6. The van der Waals surface area contributed by atoms with E-state index in [2.05, 4.69) is 20.7 Å². The van der Waals surface area contributed by atoms with Crippen molar-refractivity contribution in [3.05, 3.63) is 18.4 Å². The highest BCUT2D eigenvalue weighted by Crippen LogP contribution is 2.12. The van der Waals surface area contributed by atoms with E-state index in [1.165, 1.54) is 0 Å². The summed E-state index contributed by atoms with van der Waals surface area (Å²) < 4.78 is 10.5. The van der Waals surface area contributed by atoms with E-state index in [-0.39, 0.29) is 0 Å². The molecule has 0 bridgehead atoms. The summed E-state index contributed by atoms with van der Waals surface area (Å²) in [6.45, 7) is 6.15. The summed E-state index contributed by atoms with van der Waals surface area (Å²) in [4.78, 5) is 1.57. The van der Waals surface area contributed by atoms with Crippen LogP contribution in [0.15, 0.2) is 22.8 Å². The van der Waals surface area contributed by atoms with E-state index in [1.807, 2.05) is 13.0 Å². The van der Waals surface area contributed by atoms with Gasteiger partial charge in [-0.3, -0.25) is 0 Å². The predicted octanol–water partition coefficient (Wildman–Crippen LogP) is 1.34. The first-order valence-corrected chi connectivity index (χ1v) is 7.00. The van der Waals surface area contributed by atoms with Gasteiger partial charge in [0.25, 0.3) is 0 Å². The van der Waals surface area contributed by atoms with Crippen LogP contribution in [0, 0.1) is 0 Å². The Labute approximate surface area is 118 Å². The van der Waals surface area contributed by atoms with Crippen molar-refractivity contribution >= 4 is 0 Å². The number of ether oxygens (including phenoxy) is 1. The largest absolute Gasteiger partial charge is 0.461 e. The first-order chi connectivity index (χ1) is 9.90. The lowest BCUT2D eigenvalue weighted by Gasteiger charge is -2.04. The zero-order chi connectivity index (χ0) is 14.0. The summed E-state index contributed by atoms with van der Waals surface area (Å²) in [7, 11) is 0. The number of furan rings is 1. The van der Waals surface area contributed by atoms with Crippen molar-refractivity contribution in [2.75, 3.05) is 26.3 Å². The van der Waals surface area contributed by atoms with Crippen molar-refractivity contribution in [2.45, 2.75) is 26.3 Å². The van der Waals surface area contributed by atoms with Crippen molar-refractivity contribution < 1.29 is 9.15 Å². The maximum Gasteiger partial charge on any atom is 0.240 e. The van der Waals surface area contributed by atoms with Crippen LogP contribution in [0.1, 0.15) is 19.8 Å². The Morgan fingerprint density at radius 1 is 1.35 bits per heavy atom. The fourth-order valence-corrected chi connectivity index (χ4v) is 1.74. The zero-order valence-corrected chi connectivity index (χ0v) is 11.8. The van der Waals surface area contributed by atoms with Gasteiger partial charge in [0.15, 0.2) is 5.76 Å². The molecule has 0 saturated carbocycles. The van der Waals surface area contributed by atoms with Crippen LogP contribution in [0.4, 0.5) is 0 Å². The van der Waals surface area contributed by atoms with Gasteiger partial charge < -0.3 is 14.5 Å². The molecule has 0 aromatic carbocycles. The lowest BCUT2D eigenvalue weighted by molar-refractivity contribution is 0.143. The van der Waals surface area contributed by atoms with E-state index in [1.54, 1.807) is 17.1 Å². The van der Waals surface area contributed by atoms with E-state index in [0.717, 1.165) is 39.1 Å². The number of nitrogens with zero attached hydrogens (tertiary/aromatic N) is 4. The van der Waals surface area contributed by atoms with Crippen molar-refractivity contribution in [2.24, 2.45) is 0 Å². The van der Waals surface area contributed by atoms with Crippen LogP contribution in [0.3, 0.4) is 0 Å². The van der Waals surface area contributed by atoms with Crippen LogP contribution in [0.2, 0.25) is 0 Å². The van der Waals surface area contributed by atoms with E-state index < -0.39 is 0 Å². The van der Waals surface area contributed by atoms with Crippen LogP contribution < -0.4 is 5.32 Å². The Morgan fingerprint density at radius 3 is 3.10 bits per heavy atom. The van der Waals surface area contributed by atoms with Crippen LogP contribution >= 0.6 is 0 Å². The van der Waals surface area contributed by atoms with E-state index in [0.29, 0.717) is 18.1 Å². The normalized spacial score (nSPS) is 11.1. The SMILES string of the molecule is CCOCCCCNCCn1nnc(-c2ccco2)n1. The molecule has 0 amide bonds. The number of nitrogens with one attached hydrogen (secondary N) is 1. The van der Waals surface area contributed by atoms with Gasteiger partial charge in [0.2, 0.25) is 5.82 Å². The second kappa shape index (κ2) is 8.44. The van der Waals surface area contributed by atoms with E-state index in [4.69, 9.17) is 9.15 Å². The van der Waals surface area contributed by atoms with Gasteiger partial charge >= 0.3 is 0 Å². The third-order valence-electron chi connectivity index (χ3n) is 2.78. The summed E-state index contributed by atoms with van der Waals surface area (Å²) >= 11 is 0. The Morgan fingerprint density at radius 2 is 2.30 bits per heavy atom. The fourth-order valence-electron chi connectivity index (χ4n) is 1.74. The van der Waals surface area contributed by atoms with Crippen molar-refractivity contribution in [1.29, 1.82) is 0 Å². The predicted molar refractivity (Wildman–Crippen MR) is 74.1 cm³/mol. The molecule has 0 unspecified atom stereocenters. The van der Waals surface area contributed by atoms with Crippen LogP contribution in [0.5, 0.6) is 0 Å². The topological polar surface area (TPSA) is 78.0 Å². The fraction of sp³-hybridized carbons (Fsp3) is 0.615. The van der Waals surface area contributed by atoms with Crippen LogP contribution in [0.25, 0.3) is 11.6 Å². The zero-order valence-electron chi connectivity index (χ0n) is 11.8. The second-order valence-corrected chi connectivity index (χ2v) is 4.34. The molecule has 0 aliphatic heterocycles. The molecular weight excluding hydrogens is 258 g/mol. The van der Waals surface area contributed by atoms with Crippen molar-refractivity contribution in [3.8, 4) is 11.6 Å². The summed E-state index contributed by atoms with van der Waals surface area (Å²) in [6.07, 6.45) is 3.80. The maximum atomic E-state index is 5.28. The van der Waals surface area contributed by atoms with Gasteiger partial charge in [0.1, 0.15) is 0 Å². The molecule has 0 aliphatic carbocycles. The minimum atomic E-state index is 0.520. The quantitative estimate of drug-likeness (QED) is 0.661. The molecule has 7 nitrogen and oxygen atoms in total. The summed E-state index contributed by atoms with van der Waals surface area (Å²) in [5.74, 6) is 1.16. The van der Waals surface area contributed by atoms with Crippen molar-refractivity contribution in [3.63, 3.8) is 0 Å². The number of unbranched alkanes of at least 4 members (excludes halogenated alkanes) is 1. The summed E-state index contributed by atoms with van der Waals surface area (Å²) in [6, 6.07) is 3.62. The summed E-state index contributed by atoms with van der Waals surface area (Å²) in [5.41, 5.74) is 0. The average molecular weight is 279 g/mol. The van der Waals surface area contributed by atoms with Gasteiger partial charge in [-0.05, 0) is 43.7 Å². The number of tetrazole rings is 1. The molecule has 110 valence electrons. The van der Waals surface area contributed by atoms with Crippen LogP contribution in [-0.4, -0.2) is 46.5 Å². The van der Waals surface area contributed by atoms with E-state index in [9.17, 15) is 0 Å². The van der Waals surface area contributed by atoms with Gasteiger partial charge in [-0.2, -0.15) is 4.80 Å².